The van der Waals surface area contributed by atoms with E-state index in [1.165, 1.54) is 28.7 Å². The minimum atomic E-state index is -4.74. The number of ether oxygens (including phenoxy) is 1. The highest BCUT2D eigenvalue weighted by atomic mass is 19.4. The Kier molecular flexibility index (Phi) is 3.84. The van der Waals surface area contributed by atoms with Crippen LogP contribution < -0.4 is 4.74 Å². The van der Waals surface area contributed by atoms with Crippen molar-refractivity contribution >= 4 is 11.6 Å². The largest absolute Gasteiger partial charge is 0.573 e. The number of aromatic nitrogens is 3. The highest BCUT2D eigenvalue weighted by molar-refractivity contribution is 5.70. The van der Waals surface area contributed by atoms with Crippen LogP contribution in [0.4, 0.5) is 13.2 Å². The Labute approximate surface area is 133 Å². The van der Waals surface area contributed by atoms with Gasteiger partial charge in [0, 0.05) is 6.20 Å². The molecular formula is C15H10F3N3O3. The van der Waals surface area contributed by atoms with E-state index in [4.69, 9.17) is 5.11 Å². The zero-order valence-electron chi connectivity index (χ0n) is 12.0. The summed E-state index contributed by atoms with van der Waals surface area (Å²) in [4.78, 5) is 10.8. The van der Waals surface area contributed by atoms with E-state index < -0.39 is 12.3 Å². The van der Waals surface area contributed by atoms with Crippen molar-refractivity contribution in [2.45, 2.75) is 12.8 Å². The molecule has 124 valence electrons. The average molecular weight is 337 g/mol. The molecule has 0 saturated heterocycles. The number of rotatable bonds is 4. The van der Waals surface area contributed by atoms with Gasteiger partial charge in [-0.1, -0.05) is 12.1 Å². The van der Waals surface area contributed by atoms with Crippen LogP contribution in [0.5, 0.6) is 5.75 Å². The normalized spacial score (nSPS) is 11.6. The van der Waals surface area contributed by atoms with Crippen molar-refractivity contribution in [3.63, 3.8) is 0 Å². The van der Waals surface area contributed by atoms with Gasteiger partial charge >= 0.3 is 12.3 Å². The summed E-state index contributed by atoms with van der Waals surface area (Å²) in [5.74, 6) is -1.09. The minimum Gasteiger partial charge on any atom is -0.481 e. The van der Waals surface area contributed by atoms with Gasteiger partial charge in [-0.3, -0.25) is 9.20 Å². The third-order valence-corrected chi connectivity index (χ3v) is 3.20. The molecule has 0 amide bonds. The lowest BCUT2D eigenvalue weighted by Crippen LogP contribution is -2.16. The van der Waals surface area contributed by atoms with Crippen LogP contribution in [0.3, 0.4) is 0 Å². The van der Waals surface area contributed by atoms with E-state index in [0.717, 1.165) is 0 Å². The fraction of sp³-hybridized carbons (Fsp3) is 0.133. The number of hydrogen-bond acceptors (Lipinski definition) is 4. The lowest BCUT2D eigenvalue weighted by Gasteiger charge is -2.09. The summed E-state index contributed by atoms with van der Waals surface area (Å²) in [5, 5.41) is 16.5. The molecule has 0 spiro atoms. The molecule has 0 bridgehead atoms. The predicted molar refractivity (Wildman–Crippen MR) is 76.4 cm³/mol. The SMILES string of the molecule is O=C(O)Cc1nnc2ccc(-c3ccc(OC(F)(F)F)cc3)cn12. The van der Waals surface area contributed by atoms with E-state index in [1.807, 2.05) is 0 Å². The zero-order valence-corrected chi connectivity index (χ0v) is 12.0. The fourth-order valence-electron chi connectivity index (χ4n) is 2.21. The predicted octanol–water partition coefficient (Wildman–Crippen LogP) is 2.92. The molecule has 3 rings (SSSR count). The molecule has 0 aliphatic heterocycles. The molecule has 2 aromatic heterocycles. The first kappa shape index (κ1) is 15.8. The maximum absolute atomic E-state index is 12.2. The van der Waals surface area contributed by atoms with E-state index in [-0.39, 0.29) is 18.0 Å². The maximum Gasteiger partial charge on any atom is 0.573 e. The van der Waals surface area contributed by atoms with Crippen LogP contribution in [0.25, 0.3) is 16.8 Å². The number of hydrogen-bond donors (Lipinski definition) is 1. The number of carbonyl (C=O) groups is 1. The first-order valence-corrected chi connectivity index (χ1v) is 6.73. The molecule has 3 aromatic rings. The summed E-state index contributed by atoms with van der Waals surface area (Å²) in [6.45, 7) is 0. The number of pyridine rings is 1. The second-order valence-corrected chi connectivity index (χ2v) is 4.90. The van der Waals surface area contributed by atoms with Gasteiger partial charge in [0.2, 0.25) is 0 Å². The number of aliphatic carboxylic acids is 1. The zero-order chi connectivity index (χ0) is 17.3. The summed E-state index contributed by atoms with van der Waals surface area (Å²) in [6, 6.07) is 8.73. The van der Waals surface area contributed by atoms with Crippen molar-refractivity contribution in [3.8, 4) is 16.9 Å². The van der Waals surface area contributed by atoms with Crippen LogP contribution in [0.2, 0.25) is 0 Å². The van der Waals surface area contributed by atoms with E-state index >= 15 is 0 Å². The third-order valence-electron chi connectivity index (χ3n) is 3.20. The molecular weight excluding hydrogens is 327 g/mol. The van der Waals surface area contributed by atoms with Gasteiger partial charge in [-0.05, 0) is 35.4 Å². The number of carboxylic acids is 1. The van der Waals surface area contributed by atoms with Crippen molar-refractivity contribution in [2.24, 2.45) is 0 Å². The molecule has 1 aromatic carbocycles. The lowest BCUT2D eigenvalue weighted by atomic mass is 10.1. The number of nitrogens with zero attached hydrogens (tertiary/aromatic N) is 3. The second-order valence-electron chi connectivity index (χ2n) is 4.90. The number of fused-ring (bicyclic) bond motifs is 1. The van der Waals surface area contributed by atoms with Crippen LogP contribution in [-0.2, 0) is 11.2 Å². The molecule has 24 heavy (non-hydrogen) atoms. The molecule has 6 nitrogen and oxygen atoms in total. The van der Waals surface area contributed by atoms with E-state index in [1.54, 1.807) is 18.3 Å². The highest BCUT2D eigenvalue weighted by Crippen LogP contribution is 2.26. The molecule has 0 unspecified atom stereocenters. The van der Waals surface area contributed by atoms with Crippen LogP contribution in [0.1, 0.15) is 5.82 Å². The minimum absolute atomic E-state index is 0.261. The molecule has 0 radical (unpaired) electrons. The first-order valence-electron chi connectivity index (χ1n) is 6.73. The summed E-state index contributed by atoms with van der Waals surface area (Å²) >= 11 is 0. The van der Waals surface area contributed by atoms with Crippen LogP contribution in [0, 0.1) is 0 Å². The standard InChI is InChI=1S/C15H10F3N3O3/c16-15(17,18)24-11-4-1-9(2-5-11)10-3-6-12-19-20-13(7-14(22)23)21(12)8-10/h1-6,8H,7H2,(H,22,23). The summed E-state index contributed by atoms with van der Waals surface area (Å²) in [7, 11) is 0. The quantitative estimate of drug-likeness (QED) is 0.792. The molecule has 0 aliphatic rings. The van der Waals surface area contributed by atoms with E-state index in [9.17, 15) is 18.0 Å². The number of carboxylic acid groups (broad SMARTS) is 1. The lowest BCUT2D eigenvalue weighted by molar-refractivity contribution is -0.274. The van der Waals surface area contributed by atoms with E-state index in [0.29, 0.717) is 16.8 Å². The second kappa shape index (κ2) is 5.84. The van der Waals surface area contributed by atoms with Crippen molar-refractivity contribution in [3.05, 3.63) is 48.4 Å². The van der Waals surface area contributed by atoms with Crippen molar-refractivity contribution < 1.29 is 27.8 Å². The van der Waals surface area contributed by atoms with Crippen molar-refractivity contribution in [2.75, 3.05) is 0 Å². The Morgan fingerprint density at radius 1 is 1.08 bits per heavy atom. The Morgan fingerprint density at radius 2 is 1.75 bits per heavy atom. The Balaban J connectivity index is 1.92. The Morgan fingerprint density at radius 3 is 2.38 bits per heavy atom. The third kappa shape index (κ3) is 3.45. The van der Waals surface area contributed by atoms with Gasteiger partial charge in [0.25, 0.3) is 0 Å². The van der Waals surface area contributed by atoms with Gasteiger partial charge in [0.05, 0.1) is 0 Å². The molecule has 9 heteroatoms. The highest BCUT2D eigenvalue weighted by Gasteiger charge is 2.30. The summed E-state index contributed by atoms with van der Waals surface area (Å²) < 4.78 is 41.8. The fourth-order valence-corrected chi connectivity index (χ4v) is 2.21. The molecule has 0 aliphatic carbocycles. The average Bonchev–Trinajstić information content (AvgIpc) is 2.88. The monoisotopic (exact) mass is 337 g/mol. The van der Waals surface area contributed by atoms with Gasteiger partial charge in [-0.25, -0.2) is 0 Å². The van der Waals surface area contributed by atoms with Gasteiger partial charge in [-0.15, -0.1) is 23.4 Å². The van der Waals surface area contributed by atoms with Crippen LogP contribution in [-0.4, -0.2) is 32.0 Å². The number of benzene rings is 1. The van der Waals surface area contributed by atoms with Gasteiger partial charge in [-0.2, -0.15) is 0 Å². The van der Waals surface area contributed by atoms with Gasteiger partial charge in [0.15, 0.2) is 5.65 Å². The summed E-state index contributed by atoms with van der Waals surface area (Å²) in [5.41, 5.74) is 1.79. The van der Waals surface area contributed by atoms with Crippen molar-refractivity contribution in [1.82, 2.24) is 14.6 Å². The first-order chi connectivity index (χ1) is 11.3. The van der Waals surface area contributed by atoms with Gasteiger partial charge in [0.1, 0.15) is 18.0 Å². The maximum atomic E-state index is 12.2. The topological polar surface area (TPSA) is 76.7 Å². The number of halogens is 3. The van der Waals surface area contributed by atoms with E-state index in [2.05, 4.69) is 14.9 Å². The van der Waals surface area contributed by atoms with Gasteiger partial charge < -0.3 is 9.84 Å². The van der Waals surface area contributed by atoms with Crippen LogP contribution >= 0.6 is 0 Å². The Hall–Kier alpha value is -3.10. The van der Waals surface area contributed by atoms with Crippen LogP contribution in [0.15, 0.2) is 42.6 Å². The molecule has 1 N–H and O–H groups in total. The van der Waals surface area contributed by atoms with Crippen molar-refractivity contribution in [1.29, 1.82) is 0 Å². The molecule has 0 saturated carbocycles. The molecule has 0 atom stereocenters. The molecule has 0 fully saturated rings. The smallest absolute Gasteiger partial charge is 0.481 e. The Bertz CT molecular complexity index is 888. The molecule has 2 heterocycles. The summed E-state index contributed by atoms with van der Waals surface area (Å²) in [6.07, 6.45) is -3.40. The number of alkyl halides is 3.